The minimum atomic E-state index is -1.36. The van der Waals surface area contributed by atoms with Crippen molar-refractivity contribution in [3.05, 3.63) is 0 Å². The molecule has 0 radical (unpaired) electrons. The quantitative estimate of drug-likeness (QED) is 0.487. The summed E-state index contributed by atoms with van der Waals surface area (Å²) in [6.45, 7) is 0.706. The summed E-state index contributed by atoms with van der Waals surface area (Å²) in [5, 5.41) is 28.3. The number of carbonyl (C=O) groups excluding carboxylic acids is 1. The average Bonchev–Trinajstić information content (AvgIpc) is 2.25. The van der Waals surface area contributed by atoms with Crippen LogP contribution in [0.25, 0.3) is 0 Å². The van der Waals surface area contributed by atoms with Gasteiger partial charge < -0.3 is 29.5 Å². The molecule has 1 fully saturated rings. The summed E-state index contributed by atoms with van der Waals surface area (Å²) in [5.41, 5.74) is 0. The summed E-state index contributed by atoms with van der Waals surface area (Å²) in [6.07, 6.45) is -5.79. The van der Waals surface area contributed by atoms with Crippen LogP contribution in [-0.2, 0) is 19.0 Å². The van der Waals surface area contributed by atoms with Gasteiger partial charge in [0.1, 0.15) is 18.3 Å². The molecule has 0 aliphatic carbocycles. The van der Waals surface area contributed by atoms with Gasteiger partial charge in [0.15, 0.2) is 12.4 Å². The maximum absolute atomic E-state index is 10.8. The Kier molecular flexibility index (Phi) is 4.63. The fourth-order valence-electron chi connectivity index (χ4n) is 1.58. The highest BCUT2D eigenvalue weighted by Gasteiger charge is 2.46. The summed E-state index contributed by atoms with van der Waals surface area (Å²) in [5.74, 6) is -0.630. The summed E-state index contributed by atoms with van der Waals surface area (Å²) in [7, 11) is 1.29. The van der Waals surface area contributed by atoms with Crippen LogP contribution in [0, 0.1) is 0 Å². The van der Waals surface area contributed by atoms with Crippen LogP contribution >= 0.6 is 0 Å². The van der Waals surface area contributed by atoms with E-state index in [1.165, 1.54) is 7.11 Å². The normalized spacial score (nSPS) is 39.4. The minimum Gasteiger partial charge on any atom is -0.457 e. The first-order valence-corrected chi connectivity index (χ1v) is 4.83. The van der Waals surface area contributed by atoms with E-state index in [0.29, 0.717) is 0 Å². The molecule has 1 rings (SSSR count). The van der Waals surface area contributed by atoms with Crippen LogP contribution in [0.4, 0.5) is 0 Å². The molecule has 0 bridgehead atoms. The average molecular weight is 236 g/mol. The maximum atomic E-state index is 10.8. The number of rotatable bonds is 3. The second-order valence-corrected chi connectivity index (χ2v) is 3.52. The predicted molar refractivity (Wildman–Crippen MR) is 50.3 cm³/mol. The topological polar surface area (TPSA) is 105 Å². The van der Waals surface area contributed by atoms with Gasteiger partial charge in [-0.1, -0.05) is 0 Å². The molecular formula is C9H16O7. The van der Waals surface area contributed by atoms with Crippen LogP contribution in [0.15, 0.2) is 0 Å². The third kappa shape index (κ3) is 2.69. The lowest BCUT2D eigenvalue weighted by Gasteiger charge is -2.40. The second-order valence-electron chi connectivity index (χ2n) is 3.52. The largest absolute Gasteiger partial charge is 0.457 e. The fraction of sp³-hybridized carbons (Fsp3) is 0.889. The second kappa shape index (κ2) is 5.55. The van der Waals surface area contributed by atoms with Crippen LogP contribution in [0.5, 0.6) is 0 Å². The van der Waals surface area contributed by atoms with Gasteiger partial charge in [0.25, 0.3) is 0 Å². The number of methoxy groups -OCH3 is 1. The van der Waals surface area contributed by atoms with Gasteiger partial charge in [-0.25, -0.2) is 0 Å². The van der Waals surface area contributed by atoms with Crippen LogP contribution in [0.3, 0.4) is 0 Å². The molecule has 7 heteroatoms. The van der Waals surface area contributed by atoms with E-state index in [9.17, 15) is 15.0 Å². The van der Waals surface area contributed by atoms with Crippen LogP contribution in [0.1, 0.15) is 6.92 Å². The van der Waals surface area contributed by atoms with E-state index < -0.39 is 43.3 Å². The first-order chi connectivity index (χ1) is 7.51. The van der Waals surface area contributed by atoms with Gasteiger partial charge in [0, 0.05) is 14.0 Å². The van der Waals surface area contributed by atoms with E-state index in [2.05, 4.69) is 0 Å². The van der Waals surface area contributed by atoms with Gasteiger partial charge in [-0.05, 0) is 0 Å². The molecule has 1 aliphatic heterocycles. The molecule has 0 aromatic carbocycles. The molecule has 7 nitrogen and oxygen atoms in total. The Morgan fingerprint density at radius 3 is 2.44 bits per heavy atom. The molecule has 5 atom stereocenters. The van der Waals surface area contributed by atoms with Crippen molar-refractivity contribution in [3.8, 4) is 0 Å². The third-order valence-electron chi connectivity index (χ3n) is 2.36. The van der Waals surface area contributed by atoms with Gasteiger partial charge >= 0.3 is 5.97 Å². The molecule has 0 spiro atoms. The molecular weight excluding hydrogens is 220 g/mol. The summed E-state index contributed by atoms with van der Waals surface area (Å²) < 4.78 is 14.7. The number of esters is 1. The van der Waals surface area contributed by atoms with E-state index in [0.717, 1.165) is 6.92 Å². The Balaban J connectivity index is 2.77. The van der Waals surface area contributed by atoms with E-state index in [1.807, 2.05) is 0 Å². The van der Waals surface area contributed by atoms with Crippen LogP contribution in [0.2, 0.25) is 0 Å². The van der Waals surface area contributed by atoms with Gasteiger partial charge in [-0.2, -0.15) is 0 Å². The molecule has 1 heterocycles. The lowest BCUT2D eigenvalue weighted by atomic mass is 9.99. The monoisotopic (exact) mass is 236 g/mol. The van der Waals surface area contributed by atoms with Crippen molar-refractivity contribution < 1.29 is 34.3 Å². The summed E-state index contributed by atoms with van der Waals surface area (Å²) in [6, 6.07) is 0. The number of carbonyl (C=O) groups is 1. The van der Waals surface area contributed by atoms with Crippen molar-refractivity contribution in [2.75, 3.05) is 13.7 Å². The lowest BCUT2D eigenvalue weighted by molar-refractivity contribution is -0.296. The molecule has 94 valence electrons. The Morgan fingerprint density at radius 2 is 2.00 bits per heavy atom. The van der Waals surface area contributed by atoms with Gasteiger partial charge in [-0.3, -0.25) is 4.79 Å². The van der Waals surface area contributed by atoms with Crippen molar-refractivity contribution in [3.63, 3.8) is 0 Å². The third-order valence-corrected chi connectivity index (χ3v) is 2.36. The molecule has 0 unspecified atom stereocenters. The predicted octanol–water partition coefficient (Wildman–Crippen LogP) is -2.00. The van der Waals surface area contributed by atoms with Crippen molar-refractivity contribution >= 4 is 5.97 Å². The SMILES string of the molecule is CO[C@H]1O[C@H](CO)[C@H](OC(C)=O)[C@@H](O)[C@H]1O. The van der Waals surface area contributed by atoms with E-state index >= 15 is 0 Å². The number of aliphatic hydroxyl groups excluding tert-OH is 3. The molecule has 3 N–H and O–H groups in total. The molecule has 0 aromatic heterocycles. The maximum Gasteiger partial charge on any atom is 0.303 e. The molecule has 1 aliphatic rings. The van der Waals surface area contributed by atoms with Gasteiger partial charge in [-0.15, -0.1) is 0 Å². The highest BCUT2D eigenvalue weighted by atomic mass is 16.7. The van der Waals surface area contributed by atoms with Crippen molar-refractivity contribution in [1.29, 1.82) is 0 Å². The summed E-state index contributed by atoms with van der Waals surface area (Å²) in [4.78, 5) is 10.8. The Labute approximate surface area is 92.5 Å². The standard InChI is InChI=1S/C9H16O7/c1-4(11)15-8-5(3-10)16-9(14-2)7(13)6(8)12/h5-10,12-13H,3H2,1-2H3/t5-,6+,7-,8+,9+/m1/s1. The zero-order valence-corrected chi connectivity index (χ0v) is 9.07. The lowest BCUT2D eigenvalue weighted by Crippen LogP contribution is -2.60. The molecule has 0 amide bonds. The number of hydrogen-bond acceptors (Lipinski definition) is 7. The van der Waals surface area contributed by atoms with Crippen molar-refractivity contribution in [2.24, 2.45) is 0 Å². The first kappa shape index (κ1) is 13.3. The molecule has 16 heavy (non-hydrogen) atoms. The summed E-state index contributed by atoms with van der Waals surface area (Å²) >= 11 is 0. The molecule has 0 aromatic rings. The smallest absolute Gasteiger partial charge is 0.303 e. The highest BCUT2D eigenvalue weighted by Crippen LogP contribution is 2.23. The van der Waals surface area contributed by atoms with Crippen LogP contribution in [-0.4, -0.2) is 65.7 Å². The Hall–Kier alpha value is -0.730. The Morgan fingerprint density at radius 1 is 1.38 bits per heavy atom. The zero-order chi connectivity index (χ0) is 12.3. The minimum absolute atomic E-state index is 0.457. The van der Waals surface area contributed by atoms with Gasteiger partial charge in [0.05, 0.1) is 6.61 Å². The number of hydrogen-bond donors (Lipinski definition) is 3. The van der Waals surface area contributed by atoms with Crippen LogP contribution < -0.4 is 0 Å². The highest BCUT2D eigenvalue weighted by molar-refractivity contribution is 5.66. The molecule has 0 saturated carbocycles. The number of ether oxygens (including phenoxy) is 3. The fourth-order valence-corrected chi connectivity index (χ4v) is 1.58. The Bertz CT molecular complexity index is 242. The zero-order valence-electron chi connectivity index (χ0n) is 9.07. The van der Waals surface area contributed by atoms with Crippen molar-refractivity contribution in [1.82, 2.24) is 0 Å². The van der Waals surface area contributed by atoms with Crippen molar-refractivity contribution in [2.45, 2.75) is 37.6 Å². The van der Waals surface area contributed by atoms with Gasteiger partial charge in [0.2, 0.25) is 0 Å². The number of aliphatic hydroxyl groups is 3. The van der Waals surface area contributed by atoms with E-state index in [4.69, 9.17) is 19.3 Å². The van der Waals surface area contributed by atoms with E-state index in [1.54, 1.807) is 0 Å². The van der Waals surface area contributed by atoms with E-state index in [-0.39, 0.29) is 0 Å². The molecule has 1 saturated heterocycles. The first-order valence-electron chi connectivity index (χ1n) is 4.83.